The lowest BCUT2D eigenvalue weighted by Crippen LogP contribution is -2.63. The minimum atomic E-state index is -1.59. The maximum absolute atomic E-state index is 11.6. The number of esters is 2. The molecular formula is C10H15ClO5. The third-order valence-electron chi connectivity index (χ3n) is 2.27. The van der Waals surface area contributed by atoms with E-state index in [1.165, 1.54) is 0 Å². The Bertz CT molecular complexity index is 252. The Hall–Kier alpha value is -0.810. The van der Waals surface area contributed by atoms with E-state index in [0.29, 0.717) is 0 Å². The highest BCUT2D eigenvalue weighted by atomic mass is 35.5. The van der Waals surface area contributed by atoms with E-state index in [9.17, 15) is 9.59 Å². The van der Waals surface area contributed by atoms with Gasteiger partial charge in [0.15, 0.2) is 0 Å². The quantitative estimate of drug-likeness (QED) is 0.412. The minimum Gasteiger partial charge on any atom is -0.463 e. The van der Waals surface area contributed by atoms with Crippen molar-refractivity contribution in [3.8, 4) is 0 Å². The maximum atomic E-state index is 11.6. The van der Waals surface area contributed by atoms with Crippen molar-refractivity contribution in [1.82, 2.24) is 0 Å². The van der Waals surface area contributed by atoms with Crippen molar-refractivity contribution in [2.45, 2.75) is 32.0 Å². The molecule has 0 aromatic rings. The zero-order valence-electron chi connectivity index (χ0n) is 9.32. The molecule has 1 aliphatic rings. The zero-order valence-corrected chi connectivity index (χ0v) is 10.1. The second-order valence-corrected chi connectivity index (χ2v) is 3.67. The van der Waals surface area contributed by atoms with E-state index >= 15 is 0 Å². The fourth-order valence-electron chi connectivity index (χ4n) is 1.52. The number of rotatable bonds is 5. The molecule has 1 unspecified atom stereocenters. The third-order valence-corrected chi connectivity index (χ3v) is 2.61. The Morgan fingerprint density at radius 1 is 1.31 bits per heavy atom. The van der Waals surface area contributed by atoms with E-state index in [2.05, 4.69) is 0 Å². The predicted molar refractivity (Wildman–Crippen MR) is 56.2 cm³/mol. The van der Waals surface area contributed by atoms with E-state index < -0.39 is 17.5 Å². The van der Waals surface area contributed by atoms with Gasteiger partial charge in [-0.2, -0.15) is 0 Å². The molecule has 0 aromatic carbocycles. The lowest BCUT2D eigenvalue weighted by Gasteiger charge is -2.42. The summed E-state index contributed by atoms with van der Waals surface area (Å²) in [4.78, 5) is 23.3. The zero-order chi connectivity index (χ0) is 12.2. The summed E-state index contributed by atoms with van der Waals surface area (Å²) >= 11 is 5.56. The molecule has 1 rings (SSSR count). The third kappa shape index (κ3) is 2.30. The molecule has 16 heavy (non-hydrogen) atoms. The van der Waals surface area contributed by atoms with Crippen LogP contribution in [0.3, 0.4) is 0 Å². The molecule has 1 heterocycles. The number of ether oxygens (including phenoxy) is 3. The summed E-state index contributed by atoms with van der Waals surface area (Å²) in [5, 5.41) is 0. The molecule has 0 aromatic heterocycles. The van der Waals surface area contributed by atoms with Gasteiger partial charge in [0.2, 0.25) is 0 Å². The van der Waals surface area contributed by atoms with Gasteiger partial charge in [-0.3, -0.25) is 0 Å². The van der Waals surface area contributed by atoms with Crippen LogP contribution in [0.5, 0.6) is 0 Å². The predicted octanol–water partition coefficient (Wildman–Crippen LogP) is 0.879. The van der Waals surface area contributed by atoms with E-state index in [1.54, 1.807) is 13.8 Å². The first-order valence-electron chi connectivity index (χ1n) is 5.19. The summed E-state index contributed by atoms with van der Waals surface area (Å²) in [7, 11) is 0. The second kappa shape index (κ2) is 5.50. The van der Waals surface area contributed by atoms with Gasteiger partial charge in [0, 0.05) is 12.3 Å². The topological polar surface area (TPSA) is 61.8 Å². The molecular weight excluding hydrogens is 236 g/mol. The second-order valence-electron chi connectivity index (χ2n) is 3.37. The summed E-state index contributed by atoms with van der Waals surface area (Å²) in [6.45, 7) is 3.70. The molecule has 0 bridgehead atoms. The molecule has 0 aliphatic carbocycles. The molecule has 0 N–H and O–H groups in total. The standard InChI is InChI=1S/C10H15ClO5/c1-3-14-8(12)10(9(13)15-4-2)5-7(6-11)16-10/h7H,3-6H2,1-2H3. The van der Waals surface area contributed by atoms with Gasteiger partial charge in [0.25, 0.3) is 5.60 Å². The van der Waals surface area contributed by atoms with Crippen LogP contribution in [0.25, 0.3) is 0 Å². The van der Waals surface area contributed by atoms with Crippen LogP contribution in [0, 0.1) is 0 Å². The van der Waals surface area contributed by atoms with Gasteiger partial charge < -0.3 is 14.2 Å². The van der Waals surface area contributed by atoms with Crippen LogP contribution in [-0.2, 0) is 23.8 Å². The van der Waals surface area contributed by atoms with Crippen LogP contribution in [0.2, 0.25) is 0 Å². The van der Waals surface area contributed by atoms with Crippen molar-refractivity contribution >= 4 is 23.5 Å². The van der Waals surface area contributed by atoms with Crippen LogP contribution >= 0.6 is 11.6 Å². The number of carbonyl (C=O) groups is 2. The highest BCUT2D eigenvalue weighted by Crippen LogP contribution is 2.36. The molecule has 1 saturated heterocycles. The smallest absolute Gasteiger partial charge is 0.350 e. The van der Waals surface area contributed by atoms with Gasteiger partial charge in [-0.05, 0) is 13.8 Å². The fraction of sp³-hybridized carbons (Fsp3) is 0.800. The Morgan fingerprint density at radius 3 is 2.06 bits per heavy atom. The molecule has 0 spiro atoms. The Labute approximate surface area is 99.0 Å². The summed E-state index contributed by atoms with van der Waals surface area (Å²) in [6.07, 6.45) is -0.0794. The largest absolute Gasteiger partial charge is 0.463 e. The summed E-state index contributed by atoms with van der Waals surface area (Å²) in [5.41, 5.74) is -1.59. The van der Waals surface area contributed by atoms with Gasteiger partial charge >= 0.3 is 11.9 Å². The highest BCUT2D eigenvalue weighted by molar-refractivity contribution is 6.18. The van der Waals surface area contributed by atoms with Crippen molar-refractivity contribution < 1.29 is 23.8 Å². The van der Waals surface area contributed by atoms with Crippen LogP contribution in [0.15, 0.2) is 0 Å². The molecule has 1 aliphatic heterocycles. The number of alkyl halides is 1. The first kappa shape index (κ1) is 13.3. The monoisotopic (exact) mass is 250 g/mol. The SMILES string of the molecule is CCOC(=O)C1(C(=O)OCC)CC(CCl)O1. The van der Waals surface area contributed by atoms with Gasteiger partial charge in [0.1, 0.15) is 0 Å². The number of hydrogen-bond donors (Lipinski definition) is 0. The number of halogens is 1. The van der Waals surface area contributed by atoms with Gasteiger partial charge in [-0.1, -0.05) is 0 Å². The molecule has 1 atom stereocenters. The highest BCUT2D eigenvalue weighted by Gasteiger charge is 2.60. The van der Waals surface area contributed by atoms with Gasteiger partial charge in [0.05, 0.1) is 19.3 Å². The van der Waals surface area contributed by atoms with Gasteiger partial charge in [-0.25, -0.2) is 9.59 Å². The van der Waals surface area contributed by atoms with Crippen molar-refractivity contribution in [1.29, 1.82) is 0 Å². The van der Waals surface area contributed by atoms with E-state index in [4.69, 9.17) is 25.8 Å². The fourth-order valence-corrected chi connectivity index (χ4v) is 1.70. The summed E-state index contributed by atoms with van der Waals surface area (Å²) in [5.74, 6) is -1.16. The number of carbonyl (C=O) groups excluding carboxylic acids is 2. The van der Waals surface area contributed by atoms with Crippen LogP contribution in [0.1, 0.15) is 20.3 Å². The van der Waals surface area contributed by atoms with Crippen molar-refractivity contribution in [3.05, 3.63) is 0 Å². The van der Waals surface area contributed by atoms with Gasteiger partial charge in [-0.15, -0.1) is 11.6 Å². The first-order chi connectivity index (χ1) is 7.60. The molecule has 92 valence electrons. The molecule has 1 fully saturated rings. The Kier molecular flexibility index (Phi) is 4.56. The minimum absolute atomic E-state index is 0.189. The summed E-state index contributed by atoms with van der Waals surface area (Å²) < 4.78 is 14.8. The average molecular weight is 251 g/mol. The average Bonchev–Trinajstić information content (AvgIpc) is 2.17. The Morgan fingerprint density at radius 2 is 1.75 bits per heavy atom. The lowest BCUT2D eigenvalue weighted by atomic mass is 9.89. The lowest BCUT2D eigenvalue weighted by molar-refractivity contribution is -0.232. The van der Waals surface area contributed by atoms with Crippen molar-refractivity contribution in [2.24, 2.45) is 0 Å². The van der Waals surface area contributed by atoms with Crippen LogP contribution in [0.4, 0.5) is 0 Å². The molecule has 0 radical (unpaired) electrons. The van der Waals surface area contributed by atoms with E-state index in [1.807, 2.05) is 0 Å². The van der Waals surface area contributed by atoms with Crippen molar-refractivity contribution in [3.63, 3.8) is 0 Å². The summed E-state index contributed by atoms with van der Waals surface area (Å²) in [6, 6.07) is 0. The first-order valence-corrected chi connectivity index (χ1v) is 5.72. The molecule has 6 heteroatoms. The maximum Gasteiger partial charge on any atom is 0.350 e. The van der Waals surface area contributed by atoms with E-state index in [0.717, 1.165) is 0 Å². The van der Waals surface area contributed by atoms with E-state index in [-0.39, 0.29) is 31.6 Å². The van der Waals surface area contributed by atoms with Crippen LogP contribution in [-0.4, -0.2) is 42.7 Å². The van der Waals surface area contributed by atoms with Crippen molar-refractivity contribution in [2.75, 3.05) is 19.1 Å². The molecule has 5 nitrogen and oxygen atoms in total. The number of hydrogen-bond acceptors (Lipinski definition) is 5. The van der Waals surface area contributed by atoms with Crippen LogP contribution < -0.4 is 0 Å². The normalized spacial score (nSPS) is 22.1. The Balaban J connectivity index is 2.71. The molecule has 0 saturated carbocycles. The molecule has 0 amide bonds.